The Morgan fingerprint density at radius 3 is 2.71 bits per heavy atom. The number of fused-ring (bicyclic) bond motifs is 3. The number of aromatic nitrogens is 3. The number of para-hydroxylation sites is 1. The highest BCUT2D eigenvalue weighted by Gasteiger charge is 2.21. The van der Waals surface area contributed by atoms with Gasteiger partial charge in [-0.05, 0) is 24.1 Å². The fourth-order valence-electron chi connectivity index (χ4n) is 2.76. The van der Waals surface area contributed by atoms with Crippen LogP contribution < -0.4 is 0 Å². The van der Waals surface area contributed by atoms with Crippen LogP contribution in [0.15, 0.2) is 65.8 Å². The summed E-state index contributed by atoms with van der Waals surface area (Å²) in [5, 5.41) is 8.83. The monoisotopic (exact) mass is 293 g/mol. The first-order valence-electron chi connectivity index (χ1n) is 7.12. The van der Waals surface area contributed by atoms with Gasteiger partial charge >= 0.3 is 0 Å². The van der Waals surface area contributed by atoms with Crippen molar-refractivity contribution in [2.75, 3.05) is 0 Å². The van der Waals surface area contributed by atoms with Crippen molar-refractivity contribution in [2.24, 2.45) is 0 Å². The predicted octanol–water partition coefficient (Wildman–Crippen LogP) is 4.05. The van der Waals surface area contributed by atoms with Gasteiger partial charge in [0.25, 0.3) is 0 Å². The van der Waals surface area contributed by atoms with Gasteiger partial charge < -0.3 is 0 Å². The molecule has 0 fully saturated rings. The SMILES string of the molecule is c1ccc(C2CCc3nncn3-c3ccccc3S2)cc1. The van der Waals surface area contributed by atoms with Crippen LogP contribution in [0.2, 0.25) is 0 Å². The van der Waals surface area contributed by atoms with Crippen LogP contribution in [-0.2, 0) is 6.42 Å². The maximum atomic E-state index is 4.29. The lowest BCUT2D eigenvalue weighted by molar-refractivity contribution is 0.729. The van der Waals surface area contributed by atoms with Crippen molar-refractivity contribution in [1.82, 2.24) is 14.8 Å². The summed E-state index contributed by atoms with van der Waals surface area (Å²) in [5.41, 5.74) is 2.56. The molecule has 0 aliphatic carbocycles. The summed E-state index contributed by atoms with van der Waals surface area (Å²) < 4.78 is 2.11. The van der Waals surface area contributed by atoms with Crippen molar-refractivity contribution in [3.8, 4) is 5.69 Å². The highest BCUT2D eigenvalue weighted by Crippen LogP contribution is 2.42. The molecule has 1 aliphatic heterocycles. The molecule has 0 saturated heterocycles. The van der Waals surface area contributed by atoms with Gasteiger partial charge in [0.2, 0.25) is 0 Å². The molecule has 0 amide bonds. The van der Waals surface area contributed by atoms with Crippen LogP contribution in [0.25, 0.3) is 5.69 Å². The molecular weight excluding hydrogens is 278 g/mol. The smallest absolute Gasteiger partial charge is 0.137 e. The lowest BCUT2D eigenvalue weighted by Gasteiger charge is -2.22. The van der Waals surface area contributed by atoms with Crippen molar-refractivity contribution in [1.29, 1.82) is 0 Å². The zero-order valence-corrected chi connectivity index (χ0v) is 12.3. The Labute approximate surface area is 128 Å². The Morgan fingerprint density at radius 1 is 1.00 bits per heavy atom. The first kappa shape index (κ1) is 12.7. The predicted molar refractivity (Wildman–Crippen MR) is 84.7 cm³/mol. The molecule has 0 radical (unpaired) electrons. The van der Waals surface area contributed by atoms with E-state index in [0.717, 1.165) is 18.7 Å². The molecule has 2 heterocycles. The fraction of sp³-hybridized carbons (Fsp3) is 0.176. The fourth-order valence-corrected chi connectivity index (χ4v) is 4.04. The van der Waals surface area contributed by atoms with Crippen LogP contribution in [-0.4, -0.2) is 14.8 Å². The Balaban J connectivity index is 1.80. The van der Waals surface area contributed by atoms with Crippen LogP contribution in [0.5, 0.6) is 0 Å². The van der Waals surface area contributed by atoms with Crippen molar-refractivity contribution in [2.45, 2.75) is 23.0 Å². The molecule has 0 N–H and O–H groups in total. The van der Waals surface area contributed by atoms with E-state index in [1.54, 1.807) is 0 Å². The highest BCUT2D eigenvalue weighted by molar-refractivity contribution is 7.99. The molecule has 104 valence electrons. The lowest BCUT2D eigenvalue weighted by atomic mass is 10.1. The number of hydrogen-bond acceptors (Lipinski definition) is 3. The molecule has 3 aromatic rings. The van der Waals surface area contributed by atoms with Gasteiger partial charge in [-0.15, -0.1) is 22.0 Å². The third-order valence-electron chi connectivity index (χ3n) is 3.81. The first-order chi connectivity index (χ1) is 10.4. The molecular formula is C17H15N3S. The maximum absolute atomic E-state index is 4.29. The third-order valence-corrected chi connectivity index (χ3v) is 5.21. The molecule has 1 aromatic heterocycles. The zero-order valence-electron chi connectivity index (χ0n) is 11.5. The molecule has 4 rings (SSSR count). The van der Waals surface area contributed by atoms with E-state index in [9.17, 15) is 0 Å². The largest absolute Gasteiger partial charge is 0.284 e. The summed E-state index contributed by atoms with van der Waals surface area (Å²) in [5.74, 6) is 1.05. The molecule has 1 atom stereocenters. The summed E-state index contributed by atoms with van der Waals surface area (Å²) in [6.07, 6.45) is 3.83. The van der Waals surface area contributed by atoms with Gasteiger partial charge in [-0.25, -0.2) is 0 Å². The molecule has 21 heavy (non-hydrogen) atoms. The van der Waals surface area contributed by atoms with Gasteiger partial charge in [-0.3, -0.25) is 4.57 Å². The van der Waals surface area contributed by atoms with Gasteiger partial charge in [0.1, 0.15) is 12.2 Å². The quantitative estimate of drug-likeness (QED) is 0.678. The Kier molecular flexibility index (Phi) is 3.24. The zero-order chi connectivity index (χ0) is 14.1. The number of rotatable bonds is 1. The van der Waals surface area contributed by atoms with E-state index in [1.807, 2.05) is 18.1 Å². The van der Waals surface area contributed by atoms with Crippen molar-refractivity contribution in [3.63, 3.8) is 0 Å². The number of hydrogen-bond donors (Lipinski definition) is 0. The van der Waals surface area contributed by atoms with E-state index < -0.39 is 0 Å². The minimum atomic E-state index is 0.456. The van der Waals surface area contributed by atoms with Crippen LogP contribution in [0.4, 0.5) is 0 Å². The Morgan fingerprint density at radius 2 is 1.81 bits per heavy atom. The second kappa shape index (κ2) is 5.37. The van der Waals surface area contributed by atoms with E-state index in [2.05, 4.69) is 69.4 Å². The second-order valence-electron chi connectivity index (χ2n) is 5.14. The van der Waals surface area contributed by atoms with E-state index >= 15 is 0 Å². The minimum absolute atomic E-state index is 0.456. The van der Waals surface area contributed by atoms with Crippen molar-refractivity contribution >= 4 is 11.8 Å². The third kappa shape index (κ3) is 2.36. The van der Waals surface area contributed by atoms with Crippen LogP contribution in [0.1, 0.15) is 23.1 Å². The normalized spacial score (nSPS) is 17.4. The second-order valence-corrected chi connectivity index (χ2v) is 6.39. The first-order valence-corrected chi connectivity index (χ1v) is 8.00. The van der Waals surface area contributed by atoms with Crippen LogP contribution >= 0.6 is 11.8 Å². The number of aryl methyl sites for hydroxylation is 1. The molecule has 1 unspecified atom stereocenters. The van der Waals surface area contributed by atoms with Gasteiger partial charge in [-0.1, -0.05) is 42.5 Å². The summed E-state index contributed by atoms with van der Waals surface area (Å²) in [6, 6.07) is 19.2. The molecule has 3 nitrogen and oxygen atoms in total. The molecule has 0 bridgehead atoms. The van der Waals surface area contributed by atoms with Gasteiger partial charge in [0.15, 0.2) is 0 Å². The molecule has 0 spiro atoms. The van der Waals surface area contributed by atoms with Crippen molar-refractivity contribution in [3.05, 3.63) is 72.3 Å². The van der Waals surface area contributed by atoms with Crippen LogP contribution in [0, 0.1) is 0 Å². The van der Waals surface area contributed by atoms with Crippen LogP contribution in [0.3, 0.4) is 0 Å². The summed E-state index contributed by atoms with van der Waals surface area (Å²) in [6.45, 7) is 0. The summed E-state index contributed by atoms with van der Waals surface area (Å²) in [7, 11) is 0. The molecule has 4 heteroatoms. The highest BCUT2D eigenvalue weighted by atomic mass is 32.2. The van der Waals surface area contributed by atoms with E-state index in [1.165, 1.54) is 16.1 Å². The Hall–Kier alpha value is -2.07. The van der Waals surface area contributed by atoms with E-state index in [-0.39, 0.29) is 0 Å². The average Bonchev–Trinajstić information content (AvgIpc) is 2.98. The average molecular weight is 293 g/mol. The lowest BCUT2D eigenvalue weighted by Crippen LogP contribution is -2.08. The van der Waals surface area contributed by atoms with E-state index in [0.29, 0.717) is 5.25 Å². The van der Waals surface area contributed by atoms with Gasteiger partial charge in [0, 0.05) is 16.6 Å². The van der Waals surface area contributed by atoms with Gasteiger partial charge in [-0.2, -0.15) is 0 Å². The number of benzene rings is 2. The topological polar surface area (TPSA) is 30.7 Å². The molecule has 0 saturated carbocycles. The van der Waals surface area contributed by atoms with Crippen molar-refractivity contribution < 1.29 is 0 Å². The Bertz CT molecular complexity index is 751. The molecule has 1 aliphatic rings. The summed E-state index contributed by atoms with van der Waals surface area (Å²) >= 11 is 1.93. The molecule has 2 aromatic carbocycles. The summed E-state index contributed by atoms with van der Waals surface area (Å²) in [4.78, 5) is 1.28. The van der Waals surface area contributed by atoms with Gasteiger partial charge in [0.05, 0.1) is 5.69 Å². The van der Waals surface area contributed by atoms with E-state index in [4.69, 9.17) is 0 Å². The standard InChI is InChI=1S/C17H15N3S/c1-2-6-13(7-3-1)15-10-11-17-19-18-12-20(17)14-8-4-5-9-16(14)21-15/h1-9,12,15H,10-11H2. The number of thioether (sulfide) groups is 1. The minimum Gasteiger partial charge on any atom is -0.284 e. The number of nitrogens with zero attached hydrogens (tertiary/aromatic N) is 3. The maximum Gasteiger partial charge on any atom is 0.137 e.